The zero-order valence-corrected chi connectivity index (χ0v) is 8.77. The Labute approximate surface area is 73.8 Å². The number of hydrogen-bond acceptors (Lipinski definition) is 0. The fourth-order valence-corrected chi connectivity index (χ4v) is 2.30. The zero-order valence-electron chi connectivity index (χ0n) is 7.77. The second-order valence-electron chi connectivity index (χ2n) is 4.19. The third-order valence-electron chi connectivity index (χ3n) is 2.97. The molecular formula is C9H19NSi+. The summed E-state index contributed by atoms with van der Waals surface area (Å²) in [6.07, 6.45) is 5.61. The molecule has 0 bridgehead atoms. The van der Waals surface area contributed by atoms with Crippen LogP contribution in [0.1, 0.15) is 25.7 Å². The van der Waals surface area contributed by atoms with E-state index in [1.807, 2.05) is 0 Å². The first-order chi connectivity index (χ1) is 5.17. The van der Waals surface area contributed by atoms with Gasteiger partial charge in [-0.15, -0.1) is 0 Å². The van der Waals surface area contributed by atoms with Crippen molar-refractivity contribution in [2.45, 2.75) is 37.8 Å². The van der Waals surface area contributed by atoms with Crippen LogP contribution in [0, 0.1) is 0 Å². The van der Waals surface area contributed by atoms with Crippen LogP contribution < -0.4 is 0 Å². The van der Waals surface area contributed by atoms with Gasteiger partial charge < -0.3 is 4.48 Å². The molecule has 1 aliphatic heterocycles. The van der Waals surface area contributed by atoms with Crippen molar-refractivity contribution in [3.63, 3.8) is 0 Å². The smallest absolute Gasteiger partial charge is 0.0888 e. The summed E-state index contributed by atoms with van der Waals surface area (Å²) in [6.45, 7) is 1.38. The summed E-state index contributed by atoms with van der Waals surface area (Å²) in [4.78, 5) is 0. The van der Waals surface area contributed by atoms with Crippen molar-refractivity contribution in [2.24, 2.45) is 0 Å². The Morgan fingerprint density at radius 3 is 2.64 bits per heavy atom. The van der Waals surface area contributed by atoms with Crippen LogP contribution in [0.2, 0.25) is 6.04 Å². The van der Waals surface area contributed by atoms with Crippen LogP contribution in [-0.2, 0) is 0 Å². The van der Waals surface area contributed by atoms with Crippen molar-refractivity contribution in [2.75, 3.05) is 20.6 Å². The molecule has 1 heterocycles. The summed E-state index contributed by atoms with van der Waals surface area (Å²) in [5.74, 6) is 0. The molecule has 1 rings (SSSR count). The van der Waals surface area contributed by atoms with Crippen LogP contribution in [-0.4, -0.2) is 41.4 Å². The van der Waals surface area contributed by atoms with E-state index in [1.165, 1.54) is 36.7 Å². The Morgan fingerprint density at radius 1 is 1.45 bits per heavy atom. The van der Waals surface area contributed by atoms with Crippen LogP contribution >= 0.6 is 0 Å². The standard InChI is InChI=1S/C9H19NSi/c1-10(2)7-3-5-9(10)6-4-8-11/h9H,3-8H2,1-2H3/q+1. The third kappa shape index (κ3) is 2.31. The normalized spacial score (nSPS) is 29.2. The lowest BCUT2D eigenvalue weighted by molar-refractivity contribution is -0.902. The van der Waals surface area contributed by atoms with E-state index < -0.39 is 0 Å². The van der Waals surface area contributed by atoms with Crippen LogP contribution in [0.4, 0.5) is 0 Å². The lowest BCUT2D eigenvalue weighted by atomic mass is 10.1. The first-order valence-electron chi connectivity index (χ1n) is 4.64. The predicted octanol–water partition coefficient (Wildman–Crippen LogP) is 1.59. The Balaban J connectivity index is 2.32. The summed E-state index contributed by atoms with van der Waals surface area (Å²) >= 11 is 0. The SMILES string of the molecule is C[N+]1(C)CCCC1CCC[Si]. The van der Waals surface area contributed by atoms with E-state index in [1.54, 1.807) is 0 Å². The number of rotatable bonds is 3. The molecule has 1 unspecified atom stereocenters. The highest BCUT2D eigenvalue weighted by atomic mass is 28.1. The summed E-state index contributed by atoms with van der Waals surface area (Å²) in [7, 11) is 8.26. The van der Waals surface area contributed by atoms with Gasteiger partial charge in [0.15, 0.2) is 0 Å². The quantitative estimate of drug-likeness (QED) is 0.445. The maximum atomic E-state index is 3.53. The molecule has 1 saturated heterocycles. The fourth-order valence-electron chi connectivity index (χ4n) is 2.10. The molecule has 0 aromatic rings. The van der Waals surface area contributed by atoms with Gasteiger partial charge in [0, 0.05) is 23.1 Å². The molecular weight excluding hydrogens is 150 g/mol. The van der Waals surface area contributed by atoms with Crippen molar-refractivity contribution in [1.82, 2.24) is 0 Å². The molecule has 1 aliphatic rings. The molecule has 0 saturated carbocycles. The molecule has 0 aromatic carbocycles. The maximum Gasteiger partial charge on any atom is 0.0888 e. The van der Waals surface area contributed by atoms with Crippen molar-refractivity contribution >= 4 is 10.2 Å². The lowest BCUT2D eigenvalue weighted by Crippen LogP contribution is -2.43. The lowest BCUT2D eigenvalue weighted by Gasteiger charge is -2.31. The Morgan fingerprint density at radius 2 is 2.18 bits per heavy atom. The third-order valence-corrected chi connectivity index (χ3v) is 3.33. The van der Waals surface area contributed by atoms with Gasteiger partial charge in [0.1, 0.15) is 0 Å². The van der Waals surface area contributed by atoms with Gasteiger partial charge >= 0.3 is 0 Å². The van der Waals surface area contributed by atoms with Crippen LogP contribution in [0.15, 0.2) is 0 Å². The molecule has 2 heteroatoms. The molecule has 0 aliphatic carbocycles. The predicted molar refractivity (Wildman–Crippen MR) is 49.8 cm³/mol. The van der Waals surface area contributed by atoms with E-state index in [4.69, 9.17) is 0 Å². The number of likely N-dealkylation sites (tertiary alicyclic amines) is 1. The van der Waals surface area contributed by atoms with E-state index in [0.29, 0.717) is 0 Å². The molecule has 1 nitrogen and oxygen atoms in total. The summed E-state index contributed by atoms with van der Waals surface area (Å²) in [5.41, 5.74) is 0. The molecule has 0 amide bonds. The summed E-state index contributed by atoms with van der Waals surface area (Å²) in [5, 5.41) is 0. The van der Waals surface area contributed by atoms with Gasteiger partial charge in [-0.25, -0.2) is 0 Å². The minimum atomic E-state index is 0.936. The van der Waals surface area contributed by atoms with Crippen molar-refractivity contribution in [1.29, 1.82) is 0 Å². The Bertz CT molecular complexity index is 123. The van der Waals surface area contributed by atoms with Gasteiger partial charge in [-0.1, -0.05) is 12.5 Å². The van der Waals surface area contributed by atoms with Gasteiger partial charge in [0.25, 0.3) is 0 Å². The van der Waals surface area contributed by atoms with Gasteiger partial charge in [0.05, 0.1) is 26.7 Å². The van der Waals surface area contributed by atoms with Crippen LogP contribution in [0.5, 0.6) is 0 Å². The average Bonchev–Trinajstić information content (AvgIpc) is 2.25. The molecule has 1 fully saturated rings. The van der Waals surface area contributed by atoms with Gasteiger partial charge in [0.2, 0.25) is 0 Å². The average molecular weight is 169 g/mol. The largest absolute Gasteiger partial charge is 0.326 e. The molecule has 3 radical (unpaired) electrons. The first-order valence-corrected chi connectivity index (χ1v) is 5.35. The van der Waals surface area contributed by atoms with Gasteiger partial charge in [-0.05, 0) is 6.42 Å². The molecule has 1 atom stereocenters. The zero-order chi connectivity index (χ0) is 8.32. The number of nitrogens with zero attached hydrogens (tertiary/aromatic N) is 1. The molecule has 0 N–H and O–H groups in total. The van der Waals surface area contributed by atoms with Crippen molar-refractivity contribution in [3.8, 4) is 0 Å². The second kappa shape index (κ2) is 3.72. The molecule has 0 aromatic heterocycles. The Kier molecular flexibility index (Phi) is 3.13. The van der Waals surface area contributed by atoms with Crippen LogP contribution in [0.3, 0.4) is 0 Å². The topological polar surface area (TPSA) is 0 Å². The molecule has 63 valence electrons. The van der Waals surface area contributed by atoms with E-state index in [2.05, 4.69) is 24.3 Å². The number of quaternary nitrogens is 1. The van der Waals surface area contributed by atoms with Gasteiger partial charge in [-0.2, -0.15) is 0 Å². The second-order valence-corrected chi connectivity index (χ2v) is 4.69. The summed E-state index contributed by atoms with van der Waals surface area (Å²) in [6, 6.07) is 2.10. The van der Waals surface area contributed by atoms with E-state index in [-0.39, 0.29) is 0 Å². The monoisotopic (exact) mass is 169 g/mol. The summed E-state index contributed by atoms with van der Waals surface area (Å²) < 4.78 is 1.26. The van der Waals surface area contributed by atoms with E-state index in [9.17, 15) is 0 Å². The highest BCUT2D eigenvalue weighted by Gasteiger charge is 2.32. The number of hydrogen-bond donors (Lipinski definition) is 0. The van der Waals surface area contributed by atoms with Crippen molar-refractivity contribution in [3.05, 3.63) is 0 Å². The Hall–Kier alpha value is 0.177. The highest BCUT2D eigenvalue weighted by Crippen LogP contribution is 2.25. The highest BCUT2D eigenvalue weighted by molar-refractivity contribution is 6.08. The molecule has 0 spiro atoms. The minimum absolute atomic E-state index is 0.936. The molecule has 11 heavy (non-hydrogen) atoms. The van der Waals surface area contributed by atoms with E-state index >= 15 is 0 Å². The minimum Gasteiger partial charge on any atom is -0.326 e. The van der Waals surface area contributed by atoms with E-state index in [0.717, 1.165) is 12.1 Å². The van der Waals surface area contributed by atoms with Crippen molar-refractivity contribution < 1.29 is 4.48 Å². The van der Waals surface area contributed by atoms with Crippen LogP contribution in [0.25, 0.3) is 0 Å². The first kappa shape index (κ1) is 9.27. The fraction of sp³-hybridized carbons (Fsp3) is 1.00. The maximum absolute atomic E-state index is 3.53. The van der Waals surface area contributed by atoms with Gasteiger partial charge in [-0.3, -0.25) is 0 Å².